The zero-order chi connectivity index (χ0) is 21.9. The summed E-state index contributed by atoms with van der Waals surface area (Å²) in [6.45, 7) is 4.72. The lowest BCUT2D eigenvalue weighted by Crippen LogP contribution is -2.50. The number of hydrogen-bond acceptors (Lipinski definition) is 4. The van der Waals surface area contributed by atoms with E-state index in [9.17, 15) is 17.6 Å². The van der Waals surface area contributed by atoms with Crippen molar-refractivity contribution in [1.29, 1.82) is 0 Å². The van der Waals surface area contributed by atoms with Crippen molar-refractivity contribution in [3.05, 3.63) is 65.5 Å². The summed E-state index contributed by atoms with van der Waals surface area (Å²) in [7, 11) is -1.05. The molecule has 1 amide bonds. The summed E-state index contributed by atoms with van der Waals surface area (Å²) >= 11 is 0. The summed E-state index contributed by atoms with van der Waals surface area (Å²) in [5, 5.41) is 0. The standard InChI is InChI=1S/C22H28FN3O3S/c1-16-14-26(15-17-7-5-4-6-8-17)12-11-20(16)25(3)22(27)18-9-10-19(23)21(13-18)30(28,29)24-2/h4-10,13,16,20,24H,11-12,14-15H2,1-3H3/t16-,20+/m1/s1. The molecular formula is C22H28FN3O3S. The number of likely N-dealkylation sites (tertiary alicyclic amines) is 1. The molecule has 1 N–H and O–H groups in total. The van der Waals surface area contributed by atoms with Crippen LogP contribution in [-0.2, 0) is 16.6 Å². The molecule has 0 aromatic heterocycles. The second-order valence-electron chi connectivity index (χ2n) is 7.82. The van der Waals surface area contributed by atoms with E-state index in [1.54, 1.807) is 11.9 Å². The van der Waals surface area contributed by atoms with Crippen molar-refractivity contribution in [2.45, 2.75) is 30.8 Å². The maximum absolute atomic E-state index is 14.0. The van der Waals surface area contributed by atoms with Gasteiger partial charge in [-0.2, -0.15) is 0 Å². The van der Waals surface area contributed by atoms with Crippen LogP contribution in [0.4, 0.5) is 4.39 Å². The molecule has 0 aliphatic carbocycles. The van der Waals surface area contributed by atoms with Gasteiger partial charge in [-0.15, -0.1) is 0 Å². The monoisotopic (exact) mass is 433 g/mol. The third kappa shape index (κ3) is 4.88. The molecule has 1 heterocycles. The lowest BCUT2D eigenvalue weighted by Gasteiger charge is -2.41. The molecule has 30 heavy (non-hydrogen) atoms. The minimum Gasteiger partial charge on any atom is -0.338 e. The average molecular weight is 434 g/mol. The number of halogens is 1. The van der Waals surface area contributed by atoms with Gasteiger partial charge < -0.3 is 4.90 Å². The first-order valence-electron chi connectivity index (χ1n) is 9.99. The number of carbonyl (C=O) groups excluding carboxylic acids is 1. The number of rotatable bonds is 6. The third-order valence-electron chi connectivity index (χ3n) is 5.75. The van der Waals surface area contributed by atoms with Crippen molar-refractivity contribution in [3.8, 4) is 0 Å². The Morgan fingerprint density at radius 1 is 1.23 bits per heavy atom. The maximum Gasteiger partial charge on any atom is 0.253 e. The van der Waals surface area contributed by atoms with Gasteiger partial charge in [-0.3, -0.25) is 9.69 Å². The van der Waals surface area contributed by atoms with Crippen LogP contribution in [0, 0.1) is 11.7 Å². The molecule has 1 saturated heterocycles. The zero-order valence-corrected chi connectivity index (χ0v) is 18.3. The molecule has 0 spiro atoms. The first kappa shape index (κ1) is 22.4. The fourth-order valence-electron chi connectivity index (χ4n) is 4.09. The van der Waals surface area contributed by atoms with Gasteiger partial charge in [0.15, 0.2) is 0 Å². The van der Waals surface area contributed by atoms with Crippen LogP contribution in [0.3, 0.4) is 0 Å². The topological polar surface area (TPSA) is 69.7 Å². The number of hydrogen-bond donors (Lipinski definition) is 1. The van der Waals surface area contributed by atoms with Gasteiger partial charge in [-0.25, -0.2) is 17.5 Å². The Kier molecular flexibility index (Phi) is 6.90. The van der Waals surface area contributed by atoms with Crippen molar-refractivity contribution < 1.29 is 17.6 Å². The van der Waals surface area contributed by atoms with Crippen molar-refractivity contribution in [2.75, 3.05) is 27.2 Å². The van der Waals surface area contributed by atoms with Crippen LogP contribution in [0.1, 0.15) is 29.3 Å². The molecule has 0 unspecified atom stereocenters. The first-order chi connectivity index (χ1) is 14.2. The van der Waals surface area contributed by atoms with Crippen LogP contribution >= 0.6 is 0 Å². The first-order valence-corrected chi connectivity index (χ1v) is 11.5. The highest BCUT2D eigenvalue weighted by Crippen LogP contribution is 2.25. The van der Waals surface area contributed by atoms with Gasteiger partial charge in [0.05, 0.1) is 0 Å². The Morgan fingerprint density at radius 2 is 1.93 bits per heavy atom. The molecule has 2 aromatic rings. The SMILES string of the molecule is CNS(=O)(=O)c1cc(C(=O)N(C)[C@H]2CCN(Cc3ccccc3)C[C@H]2C)ccc1F. The summed E-state index contributed by atoms with van der Waals surface area (Å²) < 4.78 is 40.1. The average Bonchev–Trinajstić information content (AvgIpc) is 2.74. The Bertz CT molecular complexity index is 998. The fraction of sp³-hybridized carbons (Fsp3) is 0.409. The van der Waals surface area contributed by atoms with Gasteiger partial charge >= 0.3 is 0 Å². The number of nitrogens with zero attached hydrogens (tertiary/aromatic N) is 2. The highest BCUT2D eigenvalue weighted by atomic mass is 32.2. The zero-order valence-electron chi connectivity index (χ0n) is 17.5. The Labute approximate surface area is 177 Å². The van der Waals surface area contributed by atoms with E-state index in [1.807, 2.05) is 18.2 Å². The molecule has 1 aliphatic heterocycles. The Morgan fingerprint density at radius 3 is 2.57 bits per heavy atom. The second kappa shape index (κ2) is 9.24. The van der Waals surface area contributed by atoms with E-state index in [0.717, 1.165) is 38.2 Å². The summed E-state index contributed by atoms with van der Waals surface area (Å²) in [5.74, 6) is -0.945. The summed E-state index contributed by atoms with van der Waals surface area (Å²) in [6.07, 6.45) is 0.819. The van der Waals surface area contributed by atoms with E-state index in [2.05, 4.69) is 28.7 Å². The number of amides is 1. The molecule has 6 nitrogen and oxygen atoms in total. The molecule has 0 bridgehead atoms. The van der Waals surface area contributed by atoms with Gasteiger partial charge in [0.25, 0.3) is 5.91 Å². The normalized spacial score (nSPS) is 20.1. The van der Waals surface area contributed by atoms with E-state index >= 15 is 0 Å². The number of carbonyl (C=O) groups is 1. The van der Waals surface area contributed by atoms with Crippen molar-refractivity contribution >= 4 is 15.9 Å². The van der Waals surface area contributed by atoms with E-state index in [0.29, 0.717) is 0 Å². The largest absolute Gasteiger partial charge is 0.338 e. The molecule has 1 aliphatic rings. The minimum atomic E-state index is -3.99. The van der Waals surface area contributed by atoms with Crippen molar-refractivity contribution in [1.82, 2.24) is 14.5 Å². The summed E-state index contributed by atoms with van der Waals surface area (Å²) in [5.41, 5.74) is 1.42. The number of piperidine rings is 1. The predicted octanol–water partition coefficient (Wildman–Crippen LogP) is 2.72. The van der Waals surface area contributed by atoms with Crippen LogP contribution in [-0.4, -0.2) is 57.4 Å². The Hall–Kier alpha value is -2.29. The third-order valence-corrected chi connectivity index (χ3v) is 7.18. The van der Waals surface area contributed by atoms with E-state index in [-0.39, 0.29) is 23.4 Å². The highest BCUT2D eigenvalue weighted by Gasteiger charge is 2.32. The molecule has 2 aromatic carbocycles. The molecule has 0 radical (unpaired) electrons. The molecule has 162 valence electrons. The van der Waals surface area contributed by atoms with E-state index in [1.165, 1.54) is 18.7 Å². The lowest BCUT2D eigenvalue weighted by molar-refractivity contribution is 0.0498. The number of sulfonamides is 1. The van der Waals surface area contributed by atoms with Gasteiger partial charge in [0.1, 0.15) is 10.7 Å². The van der Waals surface area contributed by atoms with Crippen molar-refractivity contribution in [3.63, 3.8) is 0 Å². The smallest absolute Gasteiger partial charge is 0.253 e. The van der Waals surface area contributed by atoms with Crippen LogP contribution in [0.15, 0.2) is 53.4 Å². The van der Waals surface area contributed by atoms with Gasteiger partial charge in [-0.1, -0.05) is 37.3 Å². The Balaban J connectivity index is 1.70. The maximum atomic E-state index is 14.0. The lowest BCUT2D eigenvalue weighted by atomic mass is 9.92. The molecule has 8 heteroatoms. The van der Waals surface area contributed by atoms with Gasteiger partial charge in [-0.05, 0) is 43.1 Å². The quantitative estimate of drug-likeness (QED) is 0.761. The fourth-order valence-corrected chi connectivity index (χ4v) is 4.91. The highest BCUT2D eigenvalue weighted by molar-refractivity contribution is 7.89. The minimum absolute atomic E-state index is 0.0268. The van der Waals surface area contributed by atoms with E-state index < -0.39 is 20.7 Å². The molecule has 3 rings (SSSR count). The second-order valence-corrected chi connectivity index (χ2v) is 9.68. The summed E-state index contributed by atoms with van der Waals surface area (Å²) in [4.78, 5) is 16.5. The van der Waals surface area contributed by atoms with Crippen LogP contribution in [0.5, 0.6) is 0 Å². The summed E-state index contributed by atoms with van der Waals surface area (Å²) in [6, 6.07) is 13.8. The van der Waals surface area contributed by atoms with Crippen LogP contribution in [0.25, 0.3) is 0 Å². The molecule has 0 saturated carbocycles. The van der Waals surface area contributed by atoms with Crippen molar-refractivity contribution in [2.24, 2.45) is 5.92 Å². The predicted molar refractivity (Wildman–Crippen MR) is 114 cm³/mol. The van der Waals surface area contributed by atoms with Crippen LogP contribution in [0.2, 0.25) is 0 Å². The number of nitrogens with one attached hydrogen (secondary N) is 1. The van der Waals surface area contributed by atoms with Gasteiger partial charge in [0.2, 0.25) is 10.0 Å². The molecule has 1 fully saturated rings. The molecular weight excluding hydrogens is 405 g/mol. The molecule has 2 atom stereocenters. The van der Waals surface area contributed by atoms with Gasteiger partial charge in [0, 0.05) is 38.3 Å². The van der Waals surface area contributed by atoms with E-state index in [4.69, 9.17) is 0 Å². The van der Waals surface area contributed by atoms with Crippen LogP contribution < -0.4 is 4.72 Å². The number of benzene rings is 2.